The van der Waals surface area contributed by atoms with Crippen LogP contribution in [0.15, 0.2) is 30.6 Å². The summed E-state index contributed by atoms with van der Waals surface area (Å²) in [6.07, 6.45) is 3.38. The number of aromatic nitrogens is 2. The predicted molar refractivity (Wildman–Crippen MR) is 67.3 cm³/mol. The number of H-pyrrole nitrogens is 1. The molecule has 0 aliphatic rings. The van der Waals surface area contributed by atoms with Crippen molar-refractivity contribution < 1.29 is 9.90 Å². The minimum atomic E-state index is -0.301. The summed E-state index contributed by atoms with van der Waals surface area (Å²) >= 11 is 0. The molecule has 1 aromatic heterocycles. The summed E-state index contributed by atoms with van der Waals surface area (Å²) in [5.41, 5.74) is 2.09. The molecule has 1 atom stereocenters. The van der Waals surface area contributed by atoms with Crippen molar-refractivity contribution in [2.24, 2.45) is 0 Å². The van der Waals surface area contributed by atoms with Crippen LogP contribution in [-0.4, -0.2) is 21.2 Å². The topological polar surface area (TPSA) is 78.0 Å². The van der Waals surface area contributed by atoms with Crippen LogP contribution in [-0.2, 0) is 0 Å². The number of phenols is 1. The van der Waals surface area contributed by atoms with Crippen molar-refractivity contribution >= 4 is 5.91 Å². The second-order valence-electron chi connectivity index (χ2n) is 4.25. The summed E-state index contributed by atoms with van der Waals surface area (Å²) in [6, 6.07) is 4.77. The number of amides is 1. The van der Waals surface area contributed by atoms with Gasteiger partial charge >= 0.3 is 0 Å². The fraction of sp³-hybridized carbons (Fsp3) is 0.231. The van der Waals surface area contributed by atoms with Gasteiger partial charge < -0.3 is 10.4 Å². The van der Waals surface area contributed by atoms with Gasteiger partial charge in [0.15, 0.2) is 0 Å². The lowest BCUT2D eigenvalue weighted by molar-refractivity contribution is 0.0937. The van der Waals surface area contributed by atoms with Gasteiger partial charge in [0.25, 0.3) is 5.91 Å². The molecule has 2 aromatic rings. The Kier molecular flexibility index (Phi) is 3.32. The van der Waals surface area contributed by atoms with Crippen molar-refractivity contribution in [3.8, 4) is 5.75 Å². The number of nitrogens with zero attached hydrogens (tertiary/aromatic N) is 1. The third kappa shape index (κ3) is 2.51. The van der Waals surface area contributed by atoms with E-state index < -0.39 is 0 Å². The Bertz CT molecular complexity index is 549. The fourth-order valence-corrected chi connectivity index (χ4v) is 1.69. The maximum Gasteiger partial charge on any atom is 0.255 e. The summed E-state index contributed by atoms with van der Waals surface area (Å²) in [4.78, 5) is 12.0. The zero-order valence-corrected chi connectivity index (χ0v) is 10.3. The van der Waals surface area contributed by atoms with Crippen LogP contribution in [0, 0.1) is 6.92 Å². The number of aryl methyl sites for hydroxylation is 1. The molecule has 3 N–H and O–H groups in total. The molecule has 94 valence electrons. The Morgan fingerprint density at radius 3 is 2.94 bits per heavy atom. The van der Waals surface area contributed by atoms with Crippen molar-refractivity contribution in [1.82, 2.24) is 15.5 Å². The van der Waals surface area contributed by atoms with E-state index >= 15 is 0 Å². The molecule has 5 heteroatoms. The highest BCUT2D eigenvalue weighted by molar-refractivity contribution is 5.97. The SMILES string of the molecule is Cc1ccc(O)c(C(=O)NC(C)c2cn[nH]c2)c1. The highest BCUT2D eigenvalue weighted by Crippen LogP contribution is 2.19. The highest BCUT2D eigenvalue weighted by atomic mass is 16.3. The van der Waals surface area contributed by atoms with Gasteiger partial charge in [-0.25, -0.2) is 0 Å². The third-order valence-corrected chi connectivity index (χ3v) is 2.76. The van der Waals surface area contributed by atoms with Crippen LogP contribution in [0.4, 0.5) is 0 Å². The third-order valence-electron chi connectivity index (χ3n) is 2.76. The maximum atomic E-state index is 12.0. The minimum Gasteiger partial charge on any atom is -0.507 e. The maximum absolute atomic E-state index is 12.0. The summed E-state index contributed by atoms with van der Waals surface area (Å²) < 4.78 is 0. The molecule has 1 heterocycles. The van der Waals surface area contributed by atoms with Crippen molar-refractivity contribution in [2.45, 2.75) is 19.9 Å². The number of aromatic hydroxyl groups is 1. The Balaban J connectivity index is 2.15. The zero-order chi connectivity index (χ0) is 13.1. The largest absolute Gasteiger partial charge is 0.507 e. The van der Waals surface area contributed by atoms with E-state index in [1.165, 1.54) is 6.07 Å². The predicted octanol–water partition coefficient (Wildman–Crippen LogP) is 1.91. The number of hydrogen-bond acceptors (Lipinski definition) is 3. The van der Waals surface area contributed by atoms with Crippen LogP contribution in [0.1, 0.15) is 34.5 Å². The van der Waals surface area contributed by atoms with Crippen LogP contribution in [0.2, 0.25) is 0 Å². The molecule has 18 heavy (non-hydrogen) atoms. The van der Waals surface area contributed by atoms with Crippen molar-refractivity contribution in [1.29, 1.82) is 0 Å². The van der Waals surface area contributed by atoms with Gasteiger partial charge in [-0.3, -0.25) is 9.89 Å². The molecular weight excluding hydrogens is 230 g/mol. The van der Waals surface area contributed by atoms with E-state index in [-0.39, 0.29) is 23.3 Å². The quantitative estimate of drug-likeness (QED) is 0.773. The highest BCUT2D eigenvalue weighted by Gasteiger charge is 2.15. The lowest BCUT2D eigenvalue weighted by Crippen LogP contribution is -2.26. The lowest BCUT2D eigenvalue weighted by atomic mass is 10.1. The summed E-state index contributed by atoms with van der Waals surface area (Å²) in [5.74, 6) is -0.317. The van der Waals surface area contributed by atoms with Crippen LogP contribution in [0.25, 0.3) is 0 Å². The van der Waals surface area contributed by atoms with E-state index in [4.69, 9.17) is 0 Å². The zero-order valence-electron chi connectivity index (χ0n) is 10.3. The molecule has 1 unspecified atom stereocenters. The second kappa shape index (κ2) is 4.91. The molecule has 0 bridgehead atoms. The van der Waals surface area contributed by atoms with Gasteiger partial charge in [0.1, 0.15) is 5.75 Å². The van der Waals surface area contributed by atoms with Gasteiger partial charge in [-0.15, -0.1) is 0 Å². The molecule has 0 aliphatic carbocycles. The van der Waals surface area contributed by atoms with E-state index in [0.29, 0.717) is 0 Å². The van der Waals surface area contributed by atoms with Crippen LogP contribution >= 0.6 is 0 Å². The molecule has 0 radical (unpaired) electrons. The van der Waals surface area contributed by atoms with Crippen molar-refractivity contribution in [3.05, 3.63) is 47.3 Å². The van der Waals surface area contributed by atoms with E-state index in [9.17, 15) is 9.90 Å². The molecule has 1 aromatic carbocycles. The van der Waals surface area contributed by atoms with Crippen molar-refractivity contribution in [2.75, 3.05) is 0 Å². The van der Waals surface area contributed by atoms with E-state index in [2.05, 4.69) is 15.5 Å². The molecular formula is C13H15N3O2. The number of nitrogens with one attached hydrogen (secondary N) is 2. The first-order valence-electron chi connectivity index (χ1n) is 5.67. The van der Waals surface area contributed by atoms with Crippen molar-refractivity contribution in [3.63, 3.8) is 0 Å². The van der Waals surface area contributed by atoms with E-state index in [1.807, 2.05) is 13.8 Å². The van der Waals surface area contributed by atoms with Crippen LogP contribution in [0.5, 0.6) is 5.75 Å². The van der Waals surface area contributed by atoms with E-state index in [0.717, 1.165) is 11.1 Å². The van der Waals surface area contributed by atoms with Crippen LogP contribution in [0.3, 0.4) is 0 Å². The van der Waals surface area contributed by atoms with Gasteiger partial charge in [0, 0.05) is 11.8 Å². The average Bonchev–Trinajstić information content (AvgIpc) is 2.85. The number of phenolic OH excluding ortho intramolecular Hbond substituents is 1. The molecule has 0 aliphatic heterocycles. The summed E-state index contributed by atoms with van der Waals surface area (Å²) in [6.45, 7) is 3.73. The Labute approximate surface area is 105 Å². The number of benzene rings is 1. The summed E-state index contributed by atoms with van der Waals surface area (Å²) in [5, 5.41) is 19.0. The fourth-order valence-electron chi connectivity index (χ4n) is 1.69. The first-order chi connectivity index (χ1) is 8.58. The average molecular weight is 245 g/mol. The number of rotatable bonds is 3. The van der Waals surface area contributed by atoms with Gasteiger partial charge in [0.2, 0.25) is 0 Å². The molecule has 5 nitrogen and oxygen atoms in total. The molecule has 1 amide bonds. The summed E-state index contributed by atoms with van der Waals surface area (Å²) in [7, 11) is 0. The first-order valence-corrected chi connectivity index (χ1v) is 5.67. The minimum absolute atomic E-state index is 0.0162. The smallest absolute Gasteiger partial charge is 0.255 e. The Morgan fingerprint density at radius 1 is 1.50 bits per heavy atom. The van der Waals surface area contributed by atoms with Gasteiger partial charge in [-0.1, -0.05) is 11.6 Å². The monoisotopic (exact) mass is 245 g/mol. The normalized spacial score (nSPS) is 12.1. The molecule has 0 saturated heterocycles. The first kappa shape index (κ1) is 12.2. The van der Waals surface area contributed by atoms with Gasteiger partial charge in [0.05, 0.1) is 17.8 Å². The molecule has 0 fully saturated rings. The number of carbonyl (C=O) groups is 1. The van der Waals surface area contributed by atoms with Gasteiger partial charge in [-0.05, 0) is 26.0 Å². The van der Waals surface area contributed by atoms with E-state index in [1.54, 1.807) is 24.5 Å². The lowest BCUT2D eigenvalue weighted by Gasteiger charge is -2.13. The number of hydrogen-bond donors (Lipinski definition) is 3. The Morgan fingerprint density at radius 2 is 2.28 bits per heavy atom. The molecule has 2 rings (SSSR count). The van der Waals surface area contributed by atoms with Crippen LogP contribution < -0.4 is 5.32 Å². The standard InChI is InChI=1S/C13H15N3O2/c1-8-3-4-12(17)11(5-8)13(18)16-9(2)10-6-14-15-7-10/h3-7,9,17H,1-2H3,(H,14,15)(H,16,18). The molecule has 0 saturated carbocycles. The second-order valence-corrected chi connectivity index (χ2v) is 4.25. The number of aromatic amines is 1. The van der Waals surface area contributed by atoms with Gasteiger partial charge in [-0.2, -0.15) is 5.10 Å². The Hall–Kier alpha value is -2.30. The molecule has 0 spiro atoms. The number of carbonyl (C=O) groups excluding carboxylic acids is 1.